The molecular formula is C21H28ClN5. The third-order valence-electron chi connectivity index (χ3n) is 5.30. The van der Waals surface area contributed by atoms with Crippen molar-refractivity contribution < 1.29 is 0 Å². The second kappa shape index (κ2) is 9.31. The van der Waals surface area contributed by atoms with Crippen molar-refractivity contribution in [2.24, 2.45) is 5.73 Å². The smallest absolute Gasteiger partial charge is 0.121 e. The molecule has 0 aliphatic heterocycles. The minimum Gasteiger partial charge on any atom is -0.341 e. The maximum Gasteiger partial charge on any atom is 0.121 e. The van der Waals surface area contributed by atoms with Gasteiger partial charge in [-0.15, -0.1) is 12.4 Å². The number of nitrogens with one attached hydrogen (secondary N) is 1. The van der Waals surface area contributed by atoms with Gasteiger partial charge in [0.25, 0.3) is 0 Å². The number of H-pyrrole nitrogens is 1. The van der Waals surface area contributed by atoms with Gasteiger partial charge >= 0.3 is 0 Å². The summed E-state index contributed by atoms with van der Waals surface area (Å²) in [7, 11) is 0. The summed E-state index contributed by atoms with van der Waals surface area (Å²) < 4.78 is 0. The molecule has 2 heterocycles. The van der Waals surface area contributed by atoms with Crippen molar-refractivity contribution in [3.63, 3.8) is 0 Å². The van der Waals surface area contributed by atoms with Crippen molar-refractivity contribution in [2.45, 2.75) is 44.7 Å². The highest BCUT2D eigenvalue weighted by Crippen LogP contribution is 2.33. The van der Waals surface area contributed by atoms with E-state index in [1.165, 1.54) is 17.7 Å². The average Bonchev–Trinajstić information content (AvgIpc) is 3.09. The topological polar surface area (TPSA) is 70.8 Å². The van der Waals surface area contributed by atoms with Crippen LogP contribution in [0, 0.1) is 0 Å². The zero-order chi connectivity index (χ0) is 17.8. The Labute approximate surface area is 166 Å². The van der Waals surface area contributed by atoms with E-state index in [1.54, 1.807) is 0 Å². The van der Waals surface area contributed by atoms with Crippen LogP contribution in [0.1, 0.15) is 48.8 Å². The number of aryl methyl sites for hydroxylation is 1. The van der Waals surface area contributed by atoms with Crippen molar-refractivity contribution in [3.05, 3.63) is 59.7 Å². The number of rotatable bonds is 7. The lowest BCUT2D eigenvalue weighted by molar-refractivity contribution is 0.159. The van der Waals surface area contributed by atoms with E-state index in [9.17, 15) is 0 Å². The minimum atomic E-state index is 0. The van der Waals surface area contributed by atoms with Gasteiger partial charge in [0.15, 0.2) is 0 Å². The van der Waals surface area contributed by atoms with Gasteiger partial charge in [0.2, 0.25) is 0 Å². The van der Waals surface area contributed by atoms with Crippen LogP contribution in [0.3, 0.4) is 0 Å². The zero-order valence-electron chi connectivity index (χ0n) is 15.6. The van der Waals surface area contributed by atoms with Gasteiger partial charge in [-0.25, -0.2) is 4.98 Å². The van der Waals surface area contributed by atoms with Crippen molar-refractivity contribution in [1.82, 2.24) is 19.9 Å². The van der Waals surface area contributed by atoms with Crippen LogP contribution in [-0.2, 0) is 13.0 Å². The van der Waals surface area contributed by atoms with Crippen LogP contribution in [0.2, 0.25) is 0 Å². The molecule has 2 aromatic heterocycles. The lowest BCUT2D eigenvalue weighted by Gasteiger charge is -2.34. The number of aromatic amines is 1. The first kappa shape index (κ1) is 19.8. The Balaban J connectivity index is 0.00000210. The maximum absolute atomic E-state index is 5.72. The van der Waals surface area contributed by atoms with E-state index in [-0.39, 0.29) is 12.4 Å². The number of hydrogen-bond donors (Lipinski definition) is 2. The summed E-state index contributed by atoms with van der Waals surface area (Å²) in [5.74, 6) is 1.03. The van der Waals surface area contributed by atoms with E-state index >= 15 is 0 Å². The molecule has 144 valence electrons. The van der Waals surface area contributed by atoms with Crippen LogP contribution in [0.15, 0.2) is 42.6 Å². The third-order valence-corrected chi connectivity index (χ3v) is 5.30. The lowest BCUT2D eigenvalue weighted by atomic mass is 9.90. The number of pyridine rings is 1. The fraction of sp³-hybridized carbons (Fsp3) is 0.429. The molecule has 27 heavy (non-hydrogen) atoms. The summed E-state index contributed by atoms with van der Waals surface area (Å²) in [6.45, 7) is 2.59. The number of nitrogens with two attached hydrogens (primary N) is 1. The first-order chi connectivity index (χ1) is 12.8. The Morgan fingerprint density at radius 3 is 2.89 bits per heavy atom. The molecule has 3 N–H and O–H groups in total. The Morgan fingerprint density at radius 2 is 2.04 bits per heavy atom. The Kier molecular flexibility index (Phi) is 6.83. The molecule has 0 fully saturated rings. The molecule has 0 bridgehead atoms. The van der Waals surface area contributed by atoms with Gasteiger partial charge in [-0.2, -0.15) is 0 Å². The molecule has 6 heteroatoms. The van der Waals surface area contributed by atoms with E-state index in [1.807, 2.05) is 18.3 Å². The number of benzene rings is 1. The van der Waals surface area contributed by atoms with Crippen LogP contribution < -0.4 is 5.73 Å². The first-order valence-electron chi connectivity index (χ1n) is 9.66. The van der Waals surface area contributed by atoms with Crippen molar-refractivity contribution in [3.8, 4) is 0 Å². The highest BCUT2D eigenvalue weighted by Gasteiger charge is 2.27. The molecule has 5 nitrogen and oxygen atoms in total. The quantitative estimate of drug-likeness (QED) is 0.603. The second-order valence-corrected chi connectivity index (χ2v) is 7.12. The maximum atomic E-state index is 5.72. The molecule has 0 amide bonds. The van der Waals surface area contributed by atoms with Gasteiger partial charge in [0.05, 0.1) is 29.3 Å². The summed E-state index contributed by atoms with van der Waals surface area (Å²) in [6.07, 6.45) is 7.61. The largest absolute Gasteiger partial charge is 0.341 e. The van der Waals surface area contributed by atoms with E-state index < -0.39 is 0 Å². The van der Waals surface area contributed by atoms with E-state index in [0.717, 1.165) is 62.2 Å². The minimum absolute atomic E-state index is 0. The van der Waals surface area contributed by atoms with Crippen LogP contribution in [-0.4, -0.2) is 32.9 Å². The zero-order valence-corrected chi connectivity index (χ0v) is 16.4. The average molecular weight is 386 g/mol. The molecule has 1 aliphatic carbocycles. The summed E-state index contributed by atoms with van der Waals surface area (Å²) in [5, 5.41) is 0. The Hall–Kier alpha value is -1.95. The van der Waals surface area contributed by atoms with Gasteiger partial charge < -0.3 is 10.7 Å². The van der Waals surface area contributed by atoms with Crippen molar-refractivity contribution in [2.75, 3.05) is 13.1 Å². The molecule has 0 spiro atoms. The van der Waals surface area contributed by atoms with Crippen LogP contribution in [0.4, 0.5) is 0 Å². The Bertz CT molecular complexity index is 829. The number of aromatic nitrogens is 3. The number of unbranched alkanes of at least 4 members (excludes halogenated alkanes) is 1. The summed E-state index contributed by atoms with van der Waals surface area (Å²) in [5.41, 5.74) is 10.5. The molecule has 0 unspecified atom stereocenters. The normalized spacial score (nSPS) is 16.3. The molecule has 4 rings (SSSR count). The summed E-state index contributed by atoms with van der Waals surface area (Å²) in [6, 6.07) is 12.9. The predicted molar refractivity (Wildman–Crippen MR) is 112 cm³/mol. The summed E-state index contributed by atoms with van der Waals surface area (Å²) >= 11 is 0. The SMILES string of the molecule is Cl.NCCCCN(Cc1nc2ccccc2[nH]1)[C@@H]1CCCc2cccnc21. The predicted octanol–water partition coefficient (Wildman–Crippen LogP) is 4.00. The van der Waals surface area contributed by atoms with E-state index in [2.05, 4.69) is 34.1 Å². The number of fused-ring (bicyclic) bond motifs is 2. The number of para-hydroxylation sites is 2. The molecule has 1 aromatic carbocycles. The highest BCUT2D eigenvalue weighted by atomic mass is 35.5. The van der Waals surface area contributed by atoms with Gasteiger partial charge in [-0.1, -0.05) is 18.2 Å². The van der Waals surface area contributed by atoms with Gasteiger partial charge in [-0.05, 0) is 69.0 Å². The molecule has 1 aliphatic rings. The number of nitrogens with zero attached hydrogens (tertiary/aromatic N) is 3. The Morgan fingerprint density at radius 1 is 1.15 bits per heavy atom. The monoisotopic (exact) mass is 385 g/mol. The molecule has 0 saturated heterocycles. The fourth-order valence-corrected chi connectivity index (χ4v) is 4.02. The van der Waals surface area contributed by atoms with Gasteiger partial charge in [0.1, 0.15) is 5.82 Å². The molecule has 0 saturated carbocycles. The first-order valence-corrected chi connectivity index (χ1v) is 9.66. The lowest BCUT2D eigenvalue weighted by Crippen LogP contribution is -2.33. The number of halogens is 1. The van der Waals surface area contributed by atoms with Gasteiger partial charge in [-0.3, -0.25) is 9.88 Å². The standard InChI is InChI=1S/C21H27N5.ClH/c22-12-3-4-14-26(15-20-24-17-9-1-2-10-18(17)25-20)19-11-5-7-16-8-6-13-23-21(16)19;/h1-2,6,8-10,13,19H,3-5,7,11-12,14-15,22H2,(H,24,25);1H/t19-;/m1./s1. The molecule has 0 radical (unpaired) electrons. The highest BCUT2D eigenvalue weighted by molar-refractivity contribution is 5.85. The third kappa shape index (κ3) is 4.49. The fourth-order valence-electron chi connectivity index (χ4n) is 4.02. The number of imidazole rings is 1. The van der Waals surface area contributed by atoms with Crippen LogP contribution >= 0.6 is 12.4 Å². The number of hydrogen-bond acceptors (Lipinski definition) is 4. The van der Waals surface area contributed by atoms with Gasteiger partial charge in [0, 0.05) is 6.20 Å². The van der Waals surface area contributed by atoms with Crippen molar-refractivity contribution in [1.29, 1.82) is 0 Å². The van der Waals surface area contributed by atoms with Crippen molar-refractivity contribution >= 4 is 23.4 Å². The van der Waals surface area contributed by atoms with E-state index in [4.69, 9.17) is 15.7 Å². The van der Waals surface area contributed by atoms with Crippen LogP contribution in [0.25, 0.3) is 11.0 Å². The summed E-state index contributed by atoms with van der Waals surface area (Å²) in [4.78, 5) is 15.5. The van der Waals surface area contributed by atoms with Crippen LogP contribution in [0.5, 0.6) is 0 Å². The molecule has 3 aromatic rings. The second-order valence-electron chi connectivity index (χ2n) is 7.12. The molecule has 1 atom stereocenters. The van der Waals surface area contributed by atoms with E-state index in [0.29, 0.717) is 6.04 Å². The molecular weight excluding hydrogens is 358 g/mol.